The highest BCUT2D eigenvalue weighted by atomic mass is 16.5. The van der Waals surface area contributed by atoms with Crippen molar-refractivity contribution >= 4 is 5.97 Å². The summed E-state index contributed by atoms with van der Waals surface area (Å²) in [5.41, 5.74) is 4.00. The van der Waals surface area contributed by atoms with E-state index in [1.165, 1.54) is 12.1 Å². The zero-order chi connectivity index (χ0) is 24.1. The molecule has 0 aliphatic rings. The molecule has 0 spiro atoms. The smallest absolute Gasteiger partial charge is 0.339 e. The van der Waals surface area contributed by atoms with Crippen LogP contribution in [-0.2, 0) is 0 Å². The minimum absolute atomic E-state index is 0.135. The highest BCUT2D eigenvalue weighted by Gasteiger charge is 2.16. The summed E-state index contributed by atoms with van der Waals surface area (Å²) in [6.07, 6.45) is -0.711. The third-order valence-corrected chi connectivity index (χ3v) is 5.54. The van der Waals surface area contributed by atoms with Gasteiger partial charge in [0.25, 0.3) is 0 Å². The molecule has 0 aromatic heterocycles. The van der Waals surface area contributed by atoms with Gasteiger partial charge in [-0.25, -0.2) is 4.79 Å². The molecule has 3 aromatic carbocycles. The summed E-state index contributed by atoms with van der Waals surface area (Å²) in [5, 5.41) is 42.2. The fourth-order valence-corrected chi connectivity index (χ4v) is 3.75. The van der Waals surface area contributed by atoms with Crippen LogP contribution in [0.3, 0.4) is 0 Å². The number of benzene rings is 3. The molecule has 0 saturated heterocycles. The number of aliphatic hydroxyl groups is 1. The Bertz CT molecular complexity index is 1100. The van der Waals surface area contributed by atoms with Crippen LogP contribution in [-0.4, -0.2) is 45.6 Å². The SMILES string of the molecule is Cc1cc(-c2ccc(C(=O)O)c(O)c2)cc(C)c1OCCN[C@@H](C)[C@@H](O)c1ccc(O)cc1. The Morgan fingerprint density at radius 1 is 0.970 bits per heavy atom. The standard InChI is InChI=1S/C26H29NO6/c1-15-12-20(19-6-9-22(26(31)32)23(29)14-19)13-16(2)25(15)33-11-10-27-17(3)24(30)18-4-7-21(28)8-5-18/h4-9,12-14,17,24,27-30H,10-11H2,1-3H3,(H,31,32)/t17-,24+/m0/s1. The lowest BCUT2D eigenvalue weighted by atomic mass is 9.98. The summed E-state index contributed by atoms with van der Waals surface area (Å²) in [6, 6.07) is 14.6. The quantitative estimate of drug-likeness (QED) is 0.310. The van der Waals surface area contributed by atoms with Gasteiger partial charge in [-0.15, -0.1) is 0 Å². The first kappa shape index (κ1) is 24.1. The average Bonchev–Trinajstić information content (AvgIpc) is 2.77. The molecule has 174 valence electrons. The Morgan fingerprint density at radius 2 is 1.61 bits per heavy atom. The van der Waals surface area contributed by atoms with Gasteiger partial charge < -0.3 is 30.5 Å². The molecule has 0 aliphatic heterocycles. The highest BCUT2D eigenvalue weighted by Crippen LogP contribution is 2.32. The van der Waals surface area contributed by atoms with Crippen LogP contribution in [0.25, 0.3) is 11.1 Å². The number of rotatable bonds is 9. The summed E-state index contributed by atoms with van der Waals surface area (Å²) >= 11 is 0. The van der Waals surface area contributed by atoms with E-state index in [-0.39, 0.29) is 23.1 Å². The van der Waals surface area contributed by atoms with Crippen LogP contribution in [0.5, 0.6) is 17.2 Å². The maximum absolute atomic E-state index is 11.1. The van der Waals surface area contributed by atoms with Crippen molar-refractivity contribution in [1.82, 2.24) is 5.32 Å². The number of hydrogen-bond donors (Lipinski definition) is 5. The van der Waals surface area contributed by atoms with Crippen molar-refractivity contribution in [3.05, 3.63) is 76.9 Å². The van der Waals surface area contributed by atoms with E-state index in [0.29, 0.717) is 18.7 Å². The number of carbonyl (C=O) groups is 1. The molecule has 5 N–H and O–H groups in total. The molecule has 0 aliphatic carbocycles. The van der Waals surface area contributed by atoms with Gasteiger partial charge in [-0.1, -0.05) is 18.2 Å². The fraction of sp³-hybridized carbons (Fsp3) is 0.269. The number of ether oxygens (including phenoxy) is 1. The minimum atomic E-state index is -1.17. The van der Waals surface area contributed by atoms with Gasteiger partial charge in [0, 0.05) is 12.6 Å². The van der Waals surface area contributed by atoms with E-state index < -0.39 is 12.1 Å². The van der Waals surface area contributed by atoms with Gasteiger partial charge in [0.15, 0.2) is 0 Å². The molecule has 3 aromatic rings. The van der Waals surface area contributed by atoms with E-state index in [1.54, 1.807) is 30.3 Å². The Kier molecular flexibility index (Phi) is 7.58. The van der Waals surface area contributed by atoms with E-state index in [0.717, 1.165) is 28.0 Å². The lowest BCUT2D eigenvalue weighted by molar-refractivity contribution is 0.0693. The monoisotopic (exact) mass is 451 g/mol. The highest BCUT2D eigenvalue weighted by molar-refractivity contribution is 5.91. The maximum atomic E-state index is 11.1. The maximum Gasteiger partial charge on any atom is 0.339 e. The normalized spacial score (nSPS) is 12.8. The number of phenolic OH excluding ortho intramolecular Hbond substituents is 1. The Morgan fingerprint density at radius 3 is 2.18 bits per heavy atom. The summed E-state index contributed by atoms with van der Waals surface area (Å²) < 4.78 is 5.98. The second kappa shape index (κ2) is 10.4. The van der Waals surface area contributed by atoms with Gasteiger partial charge in [-0.05, 0) is 85.0 Å². The molecule has 0 heterocycles. The van der Waals surface area contributed by atoms with Crippen molar-refractivity contribution in [2.45, 2.75) is 32.9 Å². The molecule has 2 atom stereocenters. The summed E-state index contributed by atoms with van der Waals surface area (Å²) in [6.45, 7) is 6.68. The van der Waals surface area contributed by atoms with Crippen LogP contribution >= 0.6 is 0 Å². The summed E-state index contributed by atoms with van der Waals surface area (Å²) in [7, 11) is 0. The van der Waals surface area contributed by atoms with Gasteiger partial charge in [-0.3, -0.25) is 0 Å². The van der Waals surface area contributed by atoms with Crippen LogP contribution in [0.2, 0.25) is 0 Å². The minimum Gasteiger partial charge on any atom is -0.508 e. The van der Waals surface area contributed by atoms with Crippen LogP contribution in [0.4, 0.5) is 0 Å². The Labute approximate surface area is 192 Å². The molecule has 7 heteroatoms. The van der Waals surface area contributed by atoms with Gasteiger partial charge in [0.05, 0.1) is 6.10 Å². The van der Waals surface area contributed by atoms with Gasteiger partial charge in [0.2, 0.25) is 0 Å². The van der Waals surface area contributed by atoms with Crippen LogP contribution in [0.15, 0.2) is 54.6 Å². The molecular weight excluding hydrogens is 422 g/mol. The predicted octanol–water partition coefficient (Wildman–Crippen LogP) is 4.17. The molecule has 0 fully saturated rings. The molecule has 0 amide bonds. The third kappa shape index (κ3) is 5.83. The van der Waals surface area contributed by atoms with E-state index in [2.05, 4.69) is 5.32 Å². The lowest BCUT2D eigenvalue weighted by Crippen LogP contribution is -2.35. The van der Waals surface area contributed by atoms with Crippen molar-refractivity contribution < 1.29 is 30.0 Å². The number of aromatic carboxylic acids is 1. The number of aryl methyl sites for hydroxylation is 2. The average molecular weight is 452 g/mol. The molecule has 0 saturated carbocycles. The third-order valence-electron chi connectivity index (χ3n) is 5.54. The Hall–Kier alpha value is -3.55. The first-order chi connectivity index (χ1) is 15.7. The molecule has 0 unspecified atom stereocenters. The fourth-order valence-electron chi connectivity index (χ4n) is 3.75. The molecular formula is C26H29NO6. The second-order valence-corrected chi connectivity index (χ2v) is 8.10. The number of aliphatic hydroxyl groups excluding tert-OH is 1. The number of carboxylic acid groups (broad SMARTS) is 1. The largest absolute Gasteiger partial charge is 0.508 e. The van der Waals surface area contributed by atoms with Gasteiger partial charge >= 0.3 is 5.97 Å². The zero-order valence-corrected chi connectivity index (χ0v) is 18.9. The molecule has 0 bridgehead atoms. The van der Waals surface area contributed by atoms with E-state index in [9.17, 15) is 20.1 Å². The van der Waals surface area contributed by atoms with Gasteiger partial charge in [0.1, 0.15) is 29.4 Å². The molecule has 3 rings (SSSR count). The molecule has 33 heavy (non-hydrogen) atoms. The van der Waals surface area contributed by atoms with E-state index >= 15 is 0 Å². The zero-order valence-electron chi connectivity index (χ0n) is 18.9. The number of phenols is 2. The van der Waals surface area contributed by atoms with E-state index in [1.807, 2.05) is 32.9 Å². The van der Waals surface area contributed by atoms with Crippen LogP contribution in [0.1, 0.15) is 40.1 Å². The number of nitrogens with one attached hydrogen (secondary N) is 1. The lowest BCUT2D eigenvalue weighted by Gasteiger charge is -2.21. The summed E-state index contributed by atoms with van der Waals surface area (Å²) in [5.74, 6) is -0.525. The van der Waals surface area contributed by atoms with Crippen molar-refractivity contribution in [1.29, 1.82) is 0 Å². The van der Waals surface area contributed by atoms with Crippen molar-refractivity contribution in [2.75, 3.05) is 13.2 Å². The first-order valence-corrected chi connectivity index (χ1v) is 10.7. The Balaban J connectivity index is 1.60. The van der Waals surface area contributed by atoms with Crippen molar-refractivity contribution in [3.63, 3.8) is 0 Å². The predicted molar refractivity (Wildman–Crippen MR) is 126 cm³/mol. The number of hydrogen-bond acceptors (Lipinski definition) is 6. The summed E-state index contributed by atoms with van der Waals surface area (Å²) in [4.78, 5) is 11.1. The topological polar surface area (TPSA) is 119 Å². The molecule has 7 nitrogen and oxygen atoms in total. The van der Waals surface area contributed by atoms with E-state index in [4.69, 9.17) is 9.84 Å². The number of aromatic hydroxyl groups is 2. The molecule has 0 radical (unpaired) electrons. The van der Waals surface area contributed by atoms with Gasteiger partial charge in [-0.2, -0.15) is 0 Å². The number of carboxylic acids is 1. The van der Waals surface area contributed by atoms with Crippen molar-refractivity contribution in [2.24, 2.45) is 0 Å². The van der Waals surface area contributed by atoms with Crippen molar-refractivity contribution in [3.8, 4) is 28.4 Å². The van der Waals surface area contributed by atoms with Crippen LogP contribution in [0, 0.1) is 13.8 Å². The van der Waals surface area contributed by atoms with Crippen LogP contribution < -0.4 is 10.1 Å². The second-order valence-electron chi connectivity index (χ2n) is 8.10. The first-order valence-electron chi connectivity index (χ1n) is 10.7.